The van der Waals surface area contributed by atoms with Gasteiger partial charge in [-0.1, -0.05) is 12.8 Å². The zero-order chi connectivity index (χ0) is 22.7. The molecular formula is C23H34N4O5. The predicted octanol–water partition coefficient (Wildman–Crippen LogP) is 3.40. The molecule has 176 valence electrons. The summed E-state index contributed by atoms with van der Waals surface area (Å²) in [5, 5.41) is 7.89. The lowest BCUT2D eigenvalue weighted by Gasteiger charge is -2.35. The second-order valence-electron chi connectivity index (χ2n) is 9.33. The van der Waals surface area contributed by atoms with Gasteiger partial charge in [0.15, 0.2) is 0 Å². The maximum atomic E-state index is 12.8. The molecule has 2 aromatic rings. The van der Waals surface area contributed by atoms with E-state index in [0.29, 0.717) is 23.8 Å². The third-order valence-corrected chi connectivity index (χ3v) is 6.63. The minimum Gasteiger partial charge on any atom is -0.471 e. The molecule has 0 unspecified atom stereocenters. The average molecular weight is 447 g/mol. The molecule has 0 aromatic carbocycles. The van der Waals surface area contributed by atoms with Crippen molar-refractivity contribution in [1.29, 1.82) is 0 Å². The largest absolute Gasteiger partial charge is 0.471 e. The summed E-state index contributed by atoms with van der Waals surface area (Å²) in [6.07, 6.45) is 8.75. The van der Waals surface area contributed by atoms with Gasteiger partial charge < -0.3 is 28.3 Å². The molecule has 2 heterocycles. The fraction of sp³-hybridized carbons (Fsp3) is 0.696. The van der Waals surface area contributed by atoms with Crippen LogP contribution in [0.3, 0.4) is 0 Å². The third kappa shape index (κ3) is 5.15. The van der Waals surface area contributed by atoms with Crippen LogP contribution in [0.15, 0.2) is 21.2 Å². The quantitative estimate of drug-likeness (QED) is 0.566. The van der Waals surface area contributed by atoms with Crippen LogP contribution < -0.4 is 9.47 Å². The lowest BCUT2D eigenvalue weighted by molar-refractivity contribution is 0.0561. The Hall–Kier alpha value is -2.39. The van der Waals surface area contributed by atoms with Crippen molar-refractivity contribution in [2.45, 2.75) is 75.7 Å². The standard InChI is InChI=1S/C23H34N4O5/c1-26(2)15-9-5-7-11-17(15)29-21-13-19(31-24-21)23(28)20-14-22(25-32-20)30-18-12-8-6-10-16(18)27(3)4/h13-18H,5-12H2,1-4H3/t15-,16-,17-,18-/m1/s1. The van der Waals surface area contributed by atoms with Crippen molar-refractivity contribution < 1.29 is 23.3 Å². The van der Waals surface area contributed by atoms with E-state index in [0.717, 1.165) is 38.5 Å². The van der Waals surface area contributed by atoms with Crippen LogP contribution in [0.25, 0.3) is 0 Å². The van der Waals surface area contributed by atoms with Crippen molar-refractivity contribution in [2.75, 3.05) is 28.2 Å². The molecule has 0 saturated heterocycles. The van der Waals surface area contributed by atoms with Gasteiger partial charge in [-0.2, -0.15) is 0 Å². The highest BCUT2D eigenvalue weighted by Gasteiger charge is 2.31. The maximum absolute atomic E-state index is 12.8. The first kappa shape index (κ1) is 22.8. The normalized spacial score (nSPS) is 26.4. The van der Waals surface area contributed by atoms with Gasteiger partial charge in [-0.05, 0) is 77.0 Å². The molecule has 0 amide bonds. The Morgan fingerprint density at radius 1 is 0.781 bits per heavy atom. The fourth-order valence-corrected chi connectivity index (χ4v) is 4.89. The minimum absolute atomic E-state index is 0.0252. The second-order valence-corrected chi connectivity index (χ2v) is 9.33. The first-order valence-electron chi connectivity index (χ1n) is 11.6. The topological polar surface area (TPSA) is 94.1 Å². The van der Waals surface area contributed by atoms with Gasteiger partial charge >= 0.3 is 0 Å². The van der Waals surface area contributed by atoms with E-state index in [4.69, 9.17) is 18.5 Å². The molecule has 32 heavy (non-hydrogen) atoms. The first-order valence-corrected chi connectivity index (χ1v) is 11.6. The van der Waals surface area contributed by atoms with Crippen molar-refractivity contribution in [1.82, 2.24) is 20.1 Å². The SMILES string of the molecule is CN(C)[C@@H]1CCCC[C@H]1Oc1cc(C(=O)c2cc(O[C@@H]3CCCC[C@H]3N(C)C)no2)on1. The van der Waals surface area contributed by atoms with Crippen LogP contribution in [-0.2, 0) is 0 Å². The maximum Gasteiger partial charge on any atom is 0.269 e. The lowest BCUT2D eigenvalue weighted by Crippen LogP contribution is -2.44. The number of carbonyl (C=O) groups is 1. The highest BCUT2D eigenvalue weighted by Crippen LogP contribution is 2.28. The van der Waals surface area contributed by atoms with E-state index in [1.54, 1.807) is 0 Å². The van der Waals surface area contributed by atoms with Gasteiger partial charge in [-0.3, -0.25) is 4.79 Å². The number of carbonyl (C=O) groups excluding carboxylic acids is 1. The molecule has 2 saturated carbocycles. The van der Waals surface area contributed by atoms with Crippen molar-refractivity contribution in [3.63, 3.8) is 0 Å². The number of likely N-dealkylation sites (N-methyl/N-ethyl adjacent to an activating group) is 2. The first-order chi connectivity index (χ1) is 15.4. The number of ether oxygens (including phenoxy) is 2. The monoisotopic (exact) mass is 446 g/mol. The van der Waals surface area contributed by atoms with Crippen LogP contribution in [0.1, 0.15) is 67.7 Å². The van der Waals surface area contributed by atoms with Gasteiger partial charge in [-0.15, -0.1) is 0 Å². The van der Waals surface area contributed by atoms with E-state index in [-0.39, 0.29) is 23.7 Å². The van der Waals surface area contributed by atoms with E-state index in [1.807, 2.05) is 0 Å². The van der Waals surface area contributed by atoms with Crippen LogP contribution in [-0.4, -0.2) is 78.4 Å². The molecule has 2 aliphatic carbocycles. The van der Waals surface area contributed by atoms with Crippen LogP contribution >= 0.6 is 0 Å². The summed E-state index contributed by atoms with van der Waals surface area (Å²) < 4.78 is 22.6. The predicted molar refractivity (Wildman–Crippen MR) is 117 cm³/mol. The van der Waals surface area contributed by atoms with Gasteiger partial charge in [0.05, 0.1) is 12.1 Å². The number of hydrogen-bond acceptors (Lipinski definition) is 9. The summed E-state index contributed by atoms with van der Waals surface area (Å²) >= 11 is 0. The molecule has 9 heteroatoms. The summed E-state index contributed by atoms with van der Waals surface area (Å²) in [4.78, 5) is 17.2. The highest BCUT2D eigenvalue weighted by atomic mass is 16.6. The van der Waals surface area contributed by atoms with E-state index in [2.05, 4.69) is 48.3 Å². The molecule has 2 fully saturated rings. The van der Waals surface area contributed by atoms with Gasteiger partial charge in [0.1, 0.15) is 12.2 Å². The average Bonchev–Trinajstić information content (AvgIpc) is 3.44. The molecule has 4 rings (SSSR count). The Morgan fingerprint density at radius 3 is 1.59 bits per heavy atom. The van der Waals surface area contributed by atoms with E-state index in [9.17, 15) is 4.79 Å². The van der Waals surface area contributed by atoms with Gasteiger partial charge in [0.2, 0.25) is 11.5 Å². The Morgan fingerprint density at radius 2 is 1.19 bits per heavy atom. The Balaban J connectivity index is 1.39. The molecule has 0 bridgehead atoms. The second kappa shape index (κ2) is 10.0. The number of aromatic nitrogens is 2. The third-order valence-electron chi connectivity index (χ3n) is 6.63. The molecule has 0 aliphatic heterocycles. The Bertz CT molecular complexity index is 822. The van der Waals surface area contributed by atoms with Crippen LogP contribution in [0.4, 0.5) is 0 Å². The molecule has 0 N–H and O–H groups in total. The molecule has 2 aliphatic rings. The highest BCUT2D eigenvalue weighted by molar-refractivity contribution is 6.05. The Kier molecular flexibility index (Phi) is 7.15. The number of nitrogens with zero attached hydrogens (tertiary/aromatic N) is 4. The molecular weight excluding hydrogens is 412 g/mol. The summed E-state index contributed by atoms with van der Waals surface area (Å²) in [6.45, 7) is 0. The zero-order valence-electron chi connectivity index (χ0n) is 19.5. The molecule has 4 atom stereocenters. The summed E-state index contributed by atoms with van der Waals surface area (Å²) in [5.74, 6) is 0.320. The molecule has 0 spiro atoms. The van der Waals surface area contributed by atoms with Gasteiger partial charge in [0.25, 0.3) is 17.5 Å². The van der Waals surface area contributed by atoms with Crippen molar-refractivity contribution in [3.8, 4) is 11.8 Å². The molecule has 0 radical (unpaired) electrons. The minimum atomic E-state index is -0.435. The van der Waals surface area contributed by atoms with Crippen molar-refractivity contribution >= 4 is 5.78 Å². The van der Waals surface area contributed by atoms with Crippen LogP contribution in [0.5, 0.6) is 11.8 Å². The van der Waals surface area contributed by atoms with E-state index in [1.165, 1.54) is 25.0 Å². The van der Waals surface area contributed by atoms with Gasteiger partial charge in [-0.25, -0.2) is 0 Å². The van der Waals surface area contributed by atoms with E-state index < -0.39 is 5.78 Å². The van der Waals surface area contributed by atoms with Crippen molar-refractivity contribution in [2.24, 2.45) is 0 Å². The molecule has 9 nitrogen and oxygen atoms in total. The fourth-order valence-electron chi connectivity index (χ4n) is 4.89. The van der Waals surface area contributed by atoms with Crippen LogP contribution in [0, 0.1) is 0 Å². The number of ketones is 1. The summed E-state index contributed by atoms with van der Waals surface area (Å²) in [5.41, 5.74) is 0. The zero-order valence-corrected chi connectivity index (χ0v) is 19.5. The number of hydrogen-bond donors (Lipinski definition) is 0. The molecule has 2 aromatic heterocycles. The summed E-state index contributed by atoms with van der Waals surface area (Å²) in [7, 11) is 8.23. The van der Waals surface area contributed by atoms with Gasteiger partial charge in [0, 0.05) is 12.1 Å². The smallest absolute Gasteiger partial charge is 0.269 e. The lowest BCUT2D eigenvalue weighted by atomic mass is 9.92. The van der Waals surface area contributed by atoms with Crippen molar-refractivity contribution in [3.05, 3.63) is 23.7 Å². The Labute approximate surface area is 189 Å². The van der Waals surface area contributed by atoms with Crippen LogP contribution in [0.2, 0.25) is 0 Å². The summed E-state index contributed by atoms with van der Waals surface area (Å²) in [6, 6.07) is 3.69. The number of rotatable bonds is 8. The van der Waals surface area contributed by atoms with E-state index >= 15 is 0 Å².